The molecule has 0 spiro atoms. The molecule has 0 amide bonds. The maximum Gasteiger partial charge on any atom is 0.133 e. The highest BCUT2D eigenvalue weighted by Gasteiger charge is 2.23. The number of methoxy groups -OCH3 is 1. The van der Waals surface area contributed by atoms with E-state index in [1.54, 1.807) is 7.11 Å². The third kappa shape index (κ3) is 4.21. The van der Waals surface area contributed by atoms with Gasteiger partial charge in [0.15, 0.2) is 0 Å². The summed E-state index contributed by atoms with van der Waals surface area (Å²) >= 11 is 3.53. The molecule has 0 bridgehead atoms. The molecular formula is C16H25BrN2O. The first-order valence-electron chi connectivity index (χ1n) is 7.37. The average molecular weight is 341 g/mol. The lowest BCUT2D eigenvalue weighted by molar-refractivity contribution is 0.264. The lowest BCUT2D eigenvalue weighted by atomic mass is 10.1. The number of halogens is 1. The summed E-state index contributed by atoms with van der Waals surface area (Å²) < 4.78 is 6.27. The number of ether oxygens (including phenoxy) is 1. The number of nitrogens with zero attached hydrogens (tertiary/aromatic N) is 1. The minimum absolute atomic E-state index is 0.678. The van der Waals surface area contributed by atoms with Gasteiger partial charge in [0.1, 0.15) is 5.75 Å². The Bertz CT molecular complexity index is 436. The van der Waals surface area contributed by atoms with E-state index in [0.29, 0.717) is 6.04 Å². The third-order valence-corrected chi connectivity index (χ3v) is 4.65. The summed E-state index contributed by atoms with van der Waals surface area (Å²) in [6, 6.07) is 6.93. The summed E-state index contributed by atoms with van der Waals surface area (Å²) in [4.78, 5) is 2.57. The molecule has 0 radical (unpaired) electrons. The van der Waals surface area contributed by atoms with Crippen molar-refractivity contribution in [3.05, 3.63) is 28.2 Å². The van der Waals surface area contributed by atoms with Crippen molar-refractivity contribution in [2.45, 2.75) is 32.9 Å². The Morgan fingerprint density at radius 3 is 2.85 bits per heavy atom. The minimum atomic E-state index is 0.678. The Morgan fingerprint density at radius 2 is 2.25 bits per heavy atom. The predicted molar refractivity (Wildman–Crippen MR) is 87.2 cm³/mol. The molecule has 1 aliphatic rings. The van der Waals surface area contributed by atoms with Gasteiger partial charge in [0, 0.05) is 19.1 Å². The van der Waals surface area contributed by atoms with Crippen LogP contribution in [0.2, 0.25) is 0 Å². The molecule has 3 nitrogen and oxygen atoms in total. The van der Waals surface area contributed by atoms with Crippen LogP contribution in [-0.4, -0.2) is 37.7 Å². The number of hydrogen-bond donors (Lipinski definition) is 1. The summed E-state index contributed by atoms with van der Waals surface area (Å²) in [7, 11) is 1.69. The van der Waals surface area contributed by atoms with E-state index in [0.717, 1.165) is 29.2 Å². The van der Waals surface area contributed by atoms with Crippen molar-refractivity contribution in [1.82, 2.24) is 10.2 Å². The van der Waals surface area contributed by atoms with Crippen LogP contribution in [0.25, 0.3) is 0 Å². The molecule has 0 aliphatic carbocycles. The van der Waals surface area contributed by atoms with E-state index >= 15 is 0 Å². The van der Waals surface area contributed by atoms with Crippen LogP contribution in [0, 0.1) is 5.92 Å². The fourth-order valence-electron chi connectivity index (χ4n) is 2.74. The first-order chi connectivity index (χ1) is 9.60. The zero-order chi connectivity index (χ0) is 14.5. The van der Waals surface area contributed by atoms with Gasteiger partial charge in [-0.1, -0.05) is 6.07 Å². The van der Waals surface area contributed by atoms with Crippen molar-refractivity contribution in [2.24, 2.45) is 5.92 Å². The van der Waals surface area contributed by atoms with E-state index < -0.39 is 0 Å². The van der Waals surface area contributed by atoms with Crippen LogP contribution in [0.3, 0.4) is 0 Å². The number of hydrogen-bond acceptors (Lipinski definition) is 3. The summed E-state index contributed by atoms with van der Waals surface area (Å²) in [6.07, 6.45) is 1.32. The van der Waals surface area contributed by atoms with E-state index in [4.69, 9.17) is 4.74 Å². The maximum absolute atomic E-state index is 5.25. The van der Waals surface area contributed by atoms with Crippen LogP contribution >= 0.6 is 15.9 Å². The van der Waals surface area contributed by atoms with Crippen molar-refractivity contribution >= 4 is 15.9 Å². The van der Waals surface area contributed by atoms with Crippen LogP contribution in [0.4, 0.5) is 0 Å². The first-order valence-corrected chi connectivity index (χ1v) is 8.16. The van der Waals surface area contributed by atoms with Gasteiger partial charge in [-0.05, 0) is 72.9 Å². The molecule has 0 saturated carbocycles. The van der Waals surface area contributed by atoms with Gasteiger partial charge in [-0.15, -0.1) is 0 Å². The van der Waals surface area contributed by atoms with E-state index in [9.17, 15) is 0 Å². The number of benzene rings is 1. The van der Waals surface area contributed by atoms with E-state index in [-0.39, 0.29) is 0 Å². The Labute approximate surface area is 130 Å². The van der Waals surface area contributed by atoms with Crippen LogP contribution in [0.15, 0.2) is 22.7 Å². The summed E-state index contributed by atoms with van der Waals surface area (Å²) in [5, 5.41) is 3.58. The Balaban J connectivity index is 1.75. The highest BCUT2D eigenvalue weighted by Crippen LogP contribution is 2.25. The van der Waals surface area contributed by atoms with E-state index in [2.05, 4.69) is 52.1 Å². The molecule has 1 unspecified atom stereocenters. The van der Waals surface area contributed by atoms with Gasteiger partial charge in [-0.2, -0.15) is 0 Å². The highest BCUT2D eigenvalue weighted by atomic mass is 79.9. The van der Waals surface area contributed by atoms with Crippen molar-refractivity contribution in [1.29, 1.82) is 0 Å². The summed E-state index contributed by atoms with van der Waals surface area (Å²) in [5.41, 5.74) is 1.29. The number of rotatable bonds is 6. The highest BCUT2D eigenvalue weighted by molar-refractivity contribution is 9.10. The Morgan fingerprint density at radius 1 is 1.45 bits per heavy atom. The largest absolute Gasteiger partial charge is 0.496 e. The Kier molecular flexibility index (Phi) is 5.87. The number of nitrogens with one attached hydrogen (secondary N) is 1. The Hall–Kier alpha value is -0.580. The van der Waals surface area contributed by atoms with E-state index in [1.165, 1.54) is 25.1 Å². The molecular weight excluding hydrogens is 316 g/mol. The average Bonchev–Trinajstić information content (AvgIpc) is 2.88. The van der Waals surface area contributed by atoms with Gasteiger partial charge in [-0.3, -0.25) is 0 Å². The second kappa shape index (κ2) is 7.43. The quantitative estimate of drug-likeness (QED) is 0.859. The van der Waals surface area contributed by atoms with Crippen molar-refractivity contribution in [2.75, 3.05) is 26.7 Å². The minimum Gasteiger partial charge on any atom is -0.496 e. The molecule has 1 atom stereocenters. The fraction of sp³-hybridized carbons (Fsp3) is 0.625. The van der Waals surface area contributed by atoms with Gasteiger partial charge < -0.3 is 15.0 Å². The van der Waals surface area contributed by atoms with Gasteiger partial charge in [-0.25, -0.2) is 0 Å². The standard InChI is InChI=1S/C16H25BrN2O/c1-12(2)19-7-6-14(11-19)10-18-9-13-4-5-16(20-3)15(17)8-13/h4-5,8,12,14,18H,6-7,9-11H2,1-3H3. The van der Waals surface area contributed by atoms with Crippen LogP contribution in [0.1, 0.15) is 25.8 Å². The number of likely N-dealkylation sites (tertiary alicyclic amines) is 1. The molecule has 112 valence electrons. The fourth-order valence-corrected chi connectivity index (χ4v) is 3.33. The molecule has 4 heteroatoms. The molecule has 2 rings (SSSR count). The second-order valence-electron chi connectivity index (χ2n) is 5.84. The lowest BCUT2D eigenvalue weighted by Crippen LogP contribution is -2.30. The molecule has 1 fully saturated rings. The van der Waals surface area contributed by atoms with Crippen molar-refractivity contribution < 1.29 is 4.74 Å². The maximum atomic E-state index is 5.25. The molecule has 0 aromatic heterocycles. The van der Waals surface area contributed by atoms with E-state index in [1.807, 2.05) is 6.07 Å². The van der Waals surface area contributed by atoms with Gasteiger partial charge in [0.25, 0.3) is 0 Å². The van der Waals surface area contributed by atoms with Crippen LogP contribution in [0.5, 0.6) is 5.75 Å². The van der Waals surface area contributed by atoms with Crippen LogP contribution < -0.4 is 10.1 Å². The molecule has 1 aliphatic heterocycles. The molecule has 1 N–H and O–H groups in total. The van der Waals surface area contributed by atoms with Crippen molar-refractivity contribution in [3.8, 4) is 5.75 Å². The topological polar surface area (TPSA) is 24.5 Å². The molecule has 20 heavy (non-hydrogen) atoms. The molecule has 1 heterocycles. The molecule has 1 aromatic rings. The van der Waals surface area contributed by atoms with Gasteiger partial charge >= 0.3 is 0 Å². The second-order valence-corrected chi connectivity index (χ2v) is 6.70. The third-order valence-electron chi connectivity index (χ3n) is 4.03. The SMILES string of the molecule is COc1ccc(CNCC2CCN(C(C)C)C2)cc1Br. The summed E-state index contributed by atoms with van der Waals surface area (Å²) in [6.45, 7) is 9.07. The summed E-state index contributed by atoms with van der Waals surface area (Å²) in [5.74, 6) is 1.68. The van der Waals surface area contributed by atoms with Gasteiger partial charge in [0.2, 0.25) is 0 Å². The predicted octanol–water partition coefficient (Wildman–Crippen LogP) is 3.28. The molecule has 1 aromatic carbocycles. The smallest absolute Gasteiger partial charge is 0.133 e. The lowest BCUT2D eigenvalue weighted by Gasteiger charge is -2.20. The first kappa shape index (κ1) is 15.8. The molecule has 1 saturated heterocycles. The van der Waals surface area contributed by atoms with Gasteiger partial charge in [0.05, 0.1) is 11.6 Å². The zero-order valence-electron chi connectivity index (χ0n) is 12.7. The normalized spacial score (nSPS) is 19.8. The van der Waals surface area contributed by atoms with Crippen molar-refractivity contribution in [3.63, 3.8) is 0 Å². The zero-order valence-corrected chi connectivity index (χ0v) is 14.2. The monoisotopic (exact) mass is 340 g/mol. The van der Waals surface area contributed by atoms with Crippen LogP contribution in [-0.2, 0) is 6.54 Å².